The van der Waals surface area contributed by atoms with Crippen molar-refractivity contribution < 1.29 is 23.5 Å². The van der Waals surface area contributed by atoms with Crippen molar-refractivity contribution in [2.24, 2.45) is 0 Å². The van der Waals surface area contributed by atoms with Crippen molar-refractivity contribution >= 4 is 51.9 Å². The van der Waals surface area contributed by atoms with Crippen molar-refractivity contribution in [3.63, 3.8) is 0 Å². The lowest BCUT2D eigenvalue weighted by Crippen LogP contribution is -2.51. The van der Waals surface area contributed by atoms with E-state index in [2.05, 4.69) is 25.6 Å². The molecule has 5 rings (SSSR count). The fraction of sp³-hybridized carbons (Fsp3) is 0.286. The maximum Gasteiger partial charge on any atom is 0.287 e. The predicted molar refractivity (Wildman–Crippen MR) is 151 cm³/mol. The van der Waals surface area contributed by atoms with E-state index >= 15 is 0 Å². The van der Waals surface area contributed by atoms with Crippen molar-refractivity contribution in [3.05, 3.63) is 82.7 Å². The highest BCUT2D eigenvalue weighted by Crippen LogP contribution is 2.23. The van der Waals surface area contributed by atoms with Gasteiger partial charge in [0, 0.05) is 54.7 Å². The van der Waals surface area contributed by atoms with Crippen LogP contribution < -0.4 is 15.4 Å². The minimum absolute atomic E-state index is 0.0333. The highest BCUT2D eigenvalue weighted by molar-refractivity contribution is 6.31. The number of nitrogens with one attached hydrogen (secondary N) is 2. The summed E-state index contributed by atoms with van der Waals surface area (Å²) < 4.78 is 11.5. The standard InChI is InChI=1S/C28H26Cl2N6O5/c29-18-4-5-22-17(11-18)12-23(41-22)28(39)34-21(13-19-3-1-2-8-32-19)27(38)33-16-26(37)36-9-6-20(7-10-36)40-25-15-31-14-24(30)35-25/h1-5,8,11-12,14-15,20-21H,6-7,9-10,13,16H2,(H,33,38)(H,34,39)/t21-/m0/s1. The topological polar surface area (TPSA) is 140 Å². The fourth-order valence-electron chi connectivity index (χ4n) is 4.47. The largest absolute Gasteiger partial charge is 0.473 e. The molecule has 4 heterocycles. The van der Waals surface area contributed by atoms with E-state index in [9.17, 15) is 14.4 Å². The third-order valence-corrected chi connectivity index (χ3v) is 6.96. The minimum atomic E-state index is -1.00. The van der Waals surface area contributed by atoms with Gasteiger partial charge in [-0.3, -0.25) is 24.4 Å². The summed E-state index contributed by atoms with van der Waals surface area (Å²) in [5, 5.41) is 6.79. The number of piperidine rings is 1. The summed E-state index contributed by atoms with van der Waals surface area (Å²) in [5.41, 5.74) is 1.09. The second kappa shape index (κ2) is 13.0. The molecule has 1 aliphatic rings. The van der Waals surface area contributed by atoms with Gasteiger partial charge in [0.1, 0.15) is 17.7 Å². The van der Waals surface area contributed by atoms with E-state index in [1.807, 2.05) is 0 Å². The molecule has 212 valence electrons. The Morgan fingerprint density at radius 3 is 2.68 bits per heavy atom. The number of hydrogen-bond acceptors (Lipinski definition) is 8. The molecule has 13 heteroatoms. The zero-order valence-electron chi connectivity index (χ0n) is 21.8. The number of fused-ring (bicyclic) bond motifs is 1. The Labute approximate surface area is 245 Å². The third kappa shape index (κ3) is 7.50. The average Bonchev–Trinajstić information content (AvgIpc) is 3.40. The normalized spacial score (nSPS) is 14.4. The van der Waals surface area contributed by atoms with Gasteiger partial charge in [0.15, 0.2) is 10.9 Å². The molecule has 0 radical (unpaired) electrons. The maximum atomic E-state index is 13.2. The van der Waals surface area contributed by atoms with Gasteiger partial charge in [-0.1, -0.05) is 29.3 Å². The summed E-state index contributed by atoms with van der Waals surface area (Å²) in [5.74, 6) is -0.968. The zero-order valence-corrected chi connectivity index (χ0v) is 23.3. The van der Waals surface area contributed by atoms with Gasteiger partial charge >= 0.3 is 0 Å². The fourth-order valence-corrected chi connectivity index (χ4v) is 4.79. The molecular formula is C28H26Cl2N6O5. The van der Waals surface area contributed by atoms with E-state index in [0.29, 0.717) is 53.5 Å². The van der Waals surface area contributed by atoms with Crippen molar-refractivity contribution in [1.29, 1.82) is 0 Å². The first-order chi connectivity index (χ1) is 19.8. The zero-order chi connectivity index (χ0) is 28.8. The van der Waals surface area contributed by atoms with Gasteiger partial charge in [-0.05, 0) is 36.4 Å². The van der Waals surface area contributed by atoms with Crippen molar-refractivity contribution in [2.45, 2.75) is 31.4 Å². The van der Waals surface area contributed by atoms with Gasteiger partial charge in [0.25, 0.3) is 5.91 Å². The molecule has 0 bridgehead atoms. The molecule has 11 nitrogen and oxygen atoms in total. The number of amides is 3. The van der Waals surface area contributed by atoms with Gasteiger partial charge in [-0.2, -0.15) is 4.98 Å². The van der Waals surface area contributed by atoms with Crippen LogP contribution in [0, 0.1) is 0 Å². The maximum absolute atomic E-state index is 13.2. The van der Waals surface area contributed by atoms with Crippen molar-refractivity contribution in [1.82, 2.24) is 30.5 Å². The minimum Gasteiger partial charge on any atom is -0.473 e. The number of benzene rings is 1. The van der Waals surface area contributed by atoms with Crippen LogP contribution in [0.3, 0.4) is 0 Å². The number of ether oxygens (including phenoxy) is 1. The molecule has 1 fully saturated rings. The summed E-state index contributed by atoms with van der Waals surface area (Å²) in [4.78, 5) is 53.0. The Morgan fingerprint density at radius 1 is 1.10 bits per heavy atom. The number of rotatable bonds is 9. The lowest BCUT2D eigenvalue weighted by molar-refractivity contribution is -0.134. The van der Waals surface area contributed by atoms with Crippen molar-refractivity contribution in [3.8, 4) is 5.88 Å². The number of hydrogen-bond donors (Lipinski definition) is 2. The number of pyridine rings is 1. The Hall–Kier alpha value is -4.22. The molecule has 1 aliphatic heterocycles. The molecule has 41 heavy (non-hydrogen) atoms. The molecule has 1 aromatic carbocycles. The highest BCUT2D eigenvalue weighted by atomic mass is 35.5. The Kier molecular flexibility index (Phi) is 8.95. The molecule has 0 spiro atoms. The molecule has 1 saturated heterocycles. The molecule has 0 aliphatic carbocycles. The number of likely N-dealkylation sites (tertiary alicyclic amines) is 1. The van der Waals surface area contributed by atoms with Crippen molar-refractivity contribution in [2.75, 3.05) is 19.6 Å². The second-order valence-corrected chi connectivity index (χ2v) is 10.3. The van der Waals surface area contributed by atoms with Gasteiger partial charge in [-0.15, -0.1) is 0 Å². The van der Waals surface area contributed by atoms with Crippen LogP contribution in [0.5, 0.6) is 5.88 Å². The number of carbonyl (C=O) groups is 3. The average molecular weight is 597 g/mol. The molecule has 4 aromatic rings. The molecular weight excluding hydrogens is 571 g/mol. The number of aromatic nitrogens is 3. The predicted octanol–water partition coefficient (Wildman–Crippen LogP) is 3.45. The first-order valence-corrected chi connectivity index (χ1v) is 13.7. The monoisotopic (exact) mass is 596 g/mol. The molecule has 1 atom stereocenters. The third-order valence-electron chi connectivity index (χ3n) is 6.54. The van der Waals surface area contributed by atoms with Crippen LogP contribution in [0.25, 0.3) is 11.0 Å². The molecule has 3 amide bonds. The summed E-state index contributed by atoms with van der Waals surface area (Å²) in [6.07, 6.45) is 5.69. The van der Waals surface area contributed by atoms with E-state index in [1.165, 1.54) is 12.4 Å². The second-order valence-electron chi connectivity index (χ2n) is 9.44. The lowest BCUT2D eigenvalue weighted by Gasteiger charge is -2.32. The Morgan fingerprint density at radius 2 is 1.93 bits per heavy atom. The van der Waals surface area contributed by atoms with Gasteiger partial charge in [0.05, 0.1) is 18.9 Å². The van der Waals surface area contributed by atoms with E-state index in [4.69, 9.17) is 32.4 Å². The van der Waals surface area contributed by atoms with Gasteiger partial charge < -0.3 is 24.7 Å². The first-order valence-electron chi connectivity index (χ1n) is 12.9. The number of carbonyl (C=O) groups excluding carboxylic acids is 3. The van der Waals surface area contributed by atoms with Crippen LogP contribution >= 0.6 is 23.2 Å². The highest BCUT2D eigenvalue weighted by Gasteiger charge is 2.27. The van der Waals surface area contributed by atoms with Crippen LogP contribution in [-0.2, 0) is 16.0 Å². The lowest BCUT2D eigenvalue weighted by atomic mass is 10.1. The summed E-state index contributed by atoms with van der Waals surface area (Å²) >= 11 is 11.9. The van der Waals surface area contributed by atoms with Crippen LogP contribution in [-0.4, -0.2) is 69.4 Å². The van der Waals surface area contributed by atoms with E-state index in [1.54, 1.807) is 53.6 Å². The molecule has 2 N–H and O–H groups in total. The smallest absolute Gasteiger partial charge is 0.287 e. The van der Waals surface area contributed by atoms with Gasteiger partial charge in [-0.25, -0.2) is 0 Å². The summed E-state index contributed by atoms with van der Waals surface area (Å²) in [6, 6.07) is 10.9. The van der Waals surface area contributed by atoms with Crippen LogP contribution in [0.4, 0.5) is 0 Å². The van der Waals surface area contributed by atoms with Crippen LogP contribution in [0.1, 0.15) is 29.1 Å². The van der Waals surface area contributed by atoms with Gasteiger partial charge in [0.2, 0.25) is 17.7 Å². The van der Waals surface area contributed by atoms with E-state index < -0.39 is 17.9 Å². The van der Waals surface area contributed by atoms with E-state index in [0.717, 1.165) is 0 Å². The molecule has 3 aromatic heterocycles. The summed E-state index contributed by atoms with van der Waals surface area (Å²) in [7, 11) is 0. The van der Waals surface area contributed by atoms with Crippen LogP contribution in [0.2, 0.25) is 10.2 Å². The Balaban J connectivity index is 1.17. The van der Waals surface area contributed by atoms with E-state index in [-0.39, 0.29) is 35.9 Å². The quantitative estimate of drug-likeness (QED) is 0.299. The Bertz CT molecular complexity index is 1540. The summed E-state index contributed by atoms with van der Waals surface area (Å²) in [6.45, 7) is 0.691. The first kappa shape index (κ1) is 28.3. The molecule has 0 unspecified atom stereocenters. The number of furan rings is 1. The number of halogens is 2. The molecule has 0 saturated carbocycles. The number of nitrogens with zero attached hydrogens (tertiary/aromatic N) is 4. The van der Waals surface area contributed by atoms with Crippen LogP contribution in [0.15, 0.2) is 65.5 Å². The SMILES string of the molecule is O=C(N[C@@H](Cc1ccccn1)C(=O)NCC(=O)N1CCC(Oc2cncc(Cl)n2)CC1)c1cc2cc(Cl)ccc2o1.